The Balaban J connectivity index is 1.97. The number of benzene rings is 1. The van der Waals surface area contributed by atoms with Crippen molar-refractivity contribution in [2.24, 2.45) is 4.99 Å². The Bertz CT molecular complexity index is 969. The van der Waals surface area contributed by atoms with E-state index >= 15 is 0 Å². The number of imidazole rings is 1. The van der Waals surface area contributed by atoms with Gasteiger partial charge in [0, 0.05) is 31.3 Å². The van der Waals surface area contributed by atoms with Gasteiger partial charge >= 0.3 is 0 Å². The predicted molar refractivity (Wildman–Crippen MR) is 119 cm³/mol. The summed E-state index contributed by atoms with van der Waals surface area (Å²) in [5.74, 6) is 2.69. The summed E-state index contributed by atoms with van der Waals surface area (Å²) in [4.78, 5) is 9.10. The average molecular weight is 430 g/mol. The number of fused-ring (bicyclic) bond motifs is 3. The van der Waals surface area contributed by atoms with Gasteiger partial charge in [0.1, 0.15) is 41.1 Å². The summed E-state index contributed by atoms with van der Waals surface area (Å²) in [6.45, 7) is 8.19. The average Bonchev–Trinajstić information content (AvgIpc) is 3.04. The van der Waals surface area contributed by atoms with Gasteiger partial charge in [0.25, 0.3) is 0 Å². The molecule has 0 saturated carbocycles. The number of nitrogens with zero attached hydrogens (tertiary/aromatic N) is 3. The topological polar surface area (TPSA) is 125 Å². The Morgan fingerprint density at radius 3 is 2.84 bits per heavy atom. The van der Waals surface area contributed by atoms with Crippen LogP contribution in [0, 0.1) is 5.41 Å². The Labute approximate surface area is 182 Å². The maximum absolute atomic E-state index is 9.66. The van der Waals surface area contributed by atoms with E-state index in [4.69, 9.17) is 19.9 Å². The van der Waals surface area contributed by atoms with Crippen LogP contribution in [0.5, 0.6) is 11.5 Å². The van der Waals surface area contributed by atoms with Crippen molar-refractivity contribution in [1.29, 1.82) is 5.41 Å². The summed E-state index contributed by atoms with van der Waals surface area (Å²) >= 11 is 0. The molecular weight excluding hydrogens is 398 g/mol. The monoisotopic (exact) mass is 429 g/mol. The largest absolute Gasteiger partial charge is 0.491 e. The van der Waals surface area contributed by atoms with Crippen molar-refractivity contribution in [1.82, 2.24) is 14.9 Å². The zero-order chi connectivity index (χ0) is 22.6. The third-order valence-electron chi connectivity index (χ3n) is 4.85. The van der Waals surface area contributed by atoms with Crippen molar-refractivity contribution in [2.45, 2.75) is 52.3 Å². The zero-order valence-corrected chi connectivity index (χ0v) is 18.5. The summed E-state index contributed by atoms with van der Waals surface area (Å²) < 4.78 is 13.9. The highest BCUT2D eigenvalue weighted by Gasteiger charge is 2.27. The normalized spacial score (nSPS) is 15.4. The molecule has 0 saturated heterocycles. The second-order valence-corrected chi connectivity index (χ2v) is 8.18. The maximum Gasteiger partial charge on any atom is 0.155 e. The molecular formula is C22H31N5O4. The molecule has 1 aromatic carbocycles. The minimum atomic E-state index is -0.877. The molecule has 1 aliphatic heterocycles. The molecule has 1 atom stereocenters. The third-order valence-corrected chi connectivity index (χ3v) is 4.85. The molecule has 31 heavy (non-hydrogen) atoms. The van der Waals surface area contributed by atoms with E-state index in [1.807, 2.05) is 30.7 Å². The fourth-order valence-corrected chi connectivity index (χ4v) is 3.33. The van der Waals surface area contributed by atoms with Crippen molar-refractivity contribution in [3.63, 3.8) is 0 Å². The second-order valence-electron chi connectivity index (χ2n) is 8.18. The number of hydrogen-bond donors (Lipinski definition) is 4. The van der Waals surface area contributed by atoms with E-state index in [2.05, 4.69) is 10.3 Å². The Hall–Kier alpha value is -2.91. The van der Waals surface area contributed by atoms with E-state index in [9.17, 15) is 10.2 Å². The molecule has 1 unspecified atom stereocenters. The Morgan fingerprint density at radius 2 is 2.19 bits per heavy atom. The fourth-order valence-electron chi connectivity index (χ4n) is 3.33. The van der Waals surface area contributed by atoms with Gasteiger partial charge in [-0.3, -0.25) is 5.41 Å². The molecule has 0 fully saturated rings. The van der Waals surface area contributed by atoms with E-state index in [1.165, 1.54) is 0 Å². The Morgan fingerprint density at radius 1 is 1.42 bits per heavy atom. The van der Waals surface area contributed by atoms with Crippen LogP contribution < -0.4 is 14.8 Å². The van der Waals surface area contributed by atoms with Crippen LogP contribution in [0.3, 0.4) is 0 Å². The van der Waals surface area contributed by atoms with Gasteiger partial charge in [-0.1, -0.05) is 0 Å². The zero-order valence-electron chi connectivity index (χ0n) is 18.5. The van der Waals surface area contributed by atoms with Crippen LogP contribution >= 0.6 is 0 Å². The molecule has 2 aromatic rings. The first-order chi connectivity index (χ1) is 14.7. The smallest absolute Gasteiger partial charge is 0.155 e. The number of ether oxygens (including phenoxy) is 2. The molecule has 168 valence electrons. The molecule has 0 aliphatic carbocycles. The van der Waals surface area contributed by atoms with Crippen LogP contribution in [0.15, 0.2) is 29.4 Å². The summed E-state index contributed by atoms with van der Waals surface area (Å²) in [6.07, 6.45) is 2.23. The van der Waals surface area contributed by atoms with E-state index in [-0.39, 0.29) is 25.1 Å². The van der Waals surface area contributed by atoms with Gasteiger partial charge in [0.05, 0.1) is 18.7 Å². The number of rotatable bonds is 7. The van der Waals surface area contributed by atoms with E-state index in [0.29, 0.717) is 42.6 Å². The molecule has 0 radical (unpaired) electrons. The van der Waals surface area contributed by atoms with Gasteiger partial charge in [0.15, 0.2) is 5.84 Å². The number of aromatic nitrogens is 2. The van der Waals surface area contributed by atoms with Gasteiger partial charge in [0.2, 0.25) is 0 Å². The van der Waals surface area contributed by atoms with Crippen molar-refractivity contribution in [3.8, 4) is 22.9 Å². The van der Waals surface area contributed by atoms with Gasteiger partial charge in [-0.15, -0.1) is 0 Å². The number of nitrogens with one attached hydrogen (secondary N) is 2. The number of amidine groups is 2. The first-order valence-electron chi connectivity index (χ1n) is 10.4. The molecule has 0 bridgehead atoms. The molecule has 4 N–H and O–H groups in total. The SMILES string of the molecule is CC(=N)/N=C(\NC(C)C)c1cn2c(n1)-c1ccc(OC(C)(CO)CCO)cc1OCC2. The van der Waals surface area contributed by atoms with Crippen molar-refractivity contribution >= 4 is 11.7 Å². The summed E-state index contributed by atoms with van der Waals surface area (Å²) in [7, 11) is 0. The lowest BCUT2D eigenvalue weighted by atomic mass is 10.0. The molecule has 0 amide bonds. The standard InChI is InChI=1S/C22H31N5O4/c1-14(2)24-20(25-15(3)23)18-12-27-8-10-30-19-11-16(5-6-17(19)21(27)26-18)31-22(4,13-29)7-9-28/h5-6,11-12,14,28-29H,7-10,13H2,1-4H3,(H2,23,24,25). The number of aliphatic imine (C=N–C) groups is 1. The molecule has 1 aromatic heterocycles. The first kappa shape index (κ1) is 22.8. The quantitative estimate of drug-likeness (QED) is 0.395. The number of hydrogen-bond acceptors (Lipinski definition) is 6. The van der Waals surface area contributed by atoms with Gasteiger partial charge in [-0.2, -0.15) is 0 Å². The summed E-state index contributed by atoms with van der Waals surface area (Å²) in [5, 5.41) is 29.9. The van der Waals surface area contributed by atoms with Gasteiger partial charge in [-0.05, 0) is 39.8 Å². The lowest BCUT2D eigenvalue weighted by Crippen LogP contribution is -2.37. The Kier molecular flexibility index (Phi) is 6.97. The molecule has 0 spiro atoms. The highest BCUT2D eigenvalue weighted by Crippen LogP contribution is 2.36. The van der Waals surface area contributed by atoms with E-state index in [0.717, 1.165) is 11.4 Å². The number of aliphatic hydroxyl groups excluding tert-OH is 2. The van der Waals surface area contributed by atoms with Crippen molar-refractivity contribution in [3.05, 3.63) is 30.1 Å². The van der Waals surface area contributed by atoms with Crippen LogP contribution in [0.2, 0.25) is 0 Å². The summed E-state index contributed by atoms with van der Waals surface area (Å²) in [5.41, 5.74) is 0.608. The molecule has 9 nitrogen and oxygen atoms in total. The summed E-state index contributed by atoms with van der Waals surface area (Å²) in [6, 6.07) is 5.62. The third kappa shape index (κ3) is 5.42. The van der Waals surface area contributed by atoms with Crippen LogP contribution in [0.1, 0.15) is 39.8 Å². The molecule has 1 aliphatic rings. The van der Waals surface area contributed by atoms with E-state index < -0.39 is 5.60 Å². The van der Waals surface area contributed by atoms with Crippen LogP contribution in [0.4, 0.5) is 0 Å². The number of aliphatic hydroxyl groups is 2. The lowest BCUT2D eigenvalue weighted by molar-refractivity contribution is 0.00537. The van der Waals surface area contributed by atoms with Gasteiger partial charge < -0.3 is 29.6 Å². The minimum Gasteiger partial charge on any atom is -0.491 e. The highest BCUT2D eigenvalue weighted by atomic mass is 16.5. The molecule has 3 rings (SSSR count). The lowest BCUT2D eigenvalue weighted by Gasteiger charge is -2.28. The fraction of sp³-hybridized carbons (Fsp3) is 0.500. The first-order valence-corrected chi connectivity index (χ1v) is 10.4. The van der Waals surface area contributed by atoms with Crippen LogP contribution in [-0.2, 0) is 6.54 Å². The maximum atomic E-state index is 9.66. The van der Waals surface area contributed by atoms with Crippen molar-refractivity contribution in [2.75, 3.05) is 19.8 Å². The molecule has 2 heterocycles. The minimum absolute atomic E-state index is 0.0811. The second kappa shape index (κ2) is 9.49. The van der Waals surface area contributed by atoms with Crippen LogP contribution in [-0.4, -0.2) is 62.9 Å². The van der Waals surface area contributed by atoms with Crippen molar-refractivity contribution < 1.29 is 19.7 Å². The van der Waals surface area contributed by atoms with E-state index in [1.54, 1.807) is 26.0 Å². The van der Waals surface area contributed by atoms with Crippen LogP contribution in [0.25, 0.3) is 11.4 Å². The predicted octanol–water partition coefficient (Wildman–Crippen LogP) is 2.20. The highest BCUT2D eigenvalue weighted by molar-refractivity contribution is 6.04. The van der Waals surface area contributed by atoms with Gasteiger partial charge in [-0.25, -0.2) is 9.98 Å². The molecule has 9 heteroatoms.